The summed E-state index contributed by atoms with van der Waals surface area (Å²) in [6.45, 7) is 10.5. The van der Waals surface area contributed by atoms with Gasteiger partial charge in [-0.1, -0.05) is 37.3 Å². The van der Waals surface area contributed by atoms with E-state index in [1.807, 2.05) is 50.1 Å². The smallest absolute Gasteiger partial charge is 0.246 e. The number of ether oxygens (including phenoxy) is 1. The van der Waals surface area contributed by atoms with E-state index in [9.17, 15) is 4.79 Å². The predicted octanol–water partition coefficient (Wildman–Crippen LogP) is 6.47. The minimum atomic E-state index is 0.0834. The average Bonchev–Trinajstić information content (AvgIpc) is 3.21. The zero-order chi connectivity index (χ0) is 22.0. The van der Waals surface area contributed by atoms with Crippen molar-refractivity contribution >= 4 is 22.4 Å². The van der Waals surface area contributed by atoms with Crippen LogP contribution in [-0.2, 0) is 4.79 Å². The summed E-state index contributed by atoms with van der Waals surface area (Å²) in [7, 11) is 0. The minimum Gasteiger partial charge on any atom is -0.493 e. The van der Waals surface area contributed by atoms with Crippen LogP contribution in [0, 0.1) is 12.8 Å². The Morgan fingerprint density at radius 3 is 2.61 bits per heavy atom. The molecule has 1 aromatic heterocycles. The molecule has 0 aliphatic carbocycles. The molecule has 0 atom stereocenters. The van der Waals surface area contributed by atoms with Gasteiger partial charge in [-0.05, 0) is 56.7 Å². The normalized spacial score (nSPS) is 15.5. The van der Waals surface area contributed by atoms with Gasteiger partial charge in [-0.25, -0.2) is 0 Å². The van der Waals surface area contributed by atoms with Crippen molar-refractivity contribution in [3.63, 3.8) is 0 Å². The van der Waals surface area contributed by atoms with E-state index in [2.05, 4.69) is 25.1 Å². The van der Waals surface area contributed by atoms with E-state index in [0.717, 1.165) is 70.5 Å². The van der Waals surface area contributed by atoms with Gasteiger partial charge in [0, 0.05) is 41.2 Å². The van der Waals surface area contributed by atoms with E-state index < -0.39 is 0 Å². The number of carbonyl (C=O) groups excluding carboxylic acids is 1. The molecule has 1 saturated heterocycles. The van der Waals surface area contributed by atoms with Crippen LogP contribution in [0.4, 0.5) is 0 Å². The lowest BCUT2D eigenvalue weighted by molar-refractivity contribution is -0.127. The molecule has 0 bridgehead atoms. The molecule has 4 heteroatoms. The number of hydrogen-bond acceptors (Lipinski definition) is 3. The summed E-state index contributed by atoms with van der Waals surface area (Å²) in [4.78, 5) is 14.9. The van der Waals surface area contributed by atoms with Gasteiger partial charge >= 0.3 is 0 Å². The van der Waals surface area contributed by atoms with Crippen molar-refractivity contribution in [2.24, 2.45) is 5.92 Å². The van der Waals surface area contributed by atoms with Crippen molar-refractivity contribution in [1.29, 1.82) is 0 Å². The molecule has 0 saturated carbocycles. The second kappa shape index (κ2) is 9.01. The Hall–Kier alpha value is -3.01. The summed E-state index contributed by atoms with van der Waals surface area (Å²) in [5.74, 6) is 1.57. The van der Waals surface area contributed by atoms with Gasteiger partial charge in [-0.15, -0.1) is 0 Å². The number of piperidine rings is 1. The molecule has 1 aliphatic rings. The fourth-order valence-electron chi connectivity index (χ4n) is 4.36. The summed E-state index contributed by atoms with van der Waals surface area (Å²) < 4.78 is 12.0. The van der Waals surface area contributed by atoms with Crippen LogP contribution >= 0.6 is 0 Å². The van der Waals surface area contributed by atoms with Gasteiger partial charge in [0.1, 0.15) is 11.3 Å². The molecular formula is C27H31NO3. The highest BCUT2D eigenvalue weighted by Gasteiger charge is 2.22. The maximum atomic E-state index is 12.9. The molecular weight excluding hydrogens is 386 g/mol. The zero-order valence-electron chi connectivity index (χ0n) is 18.9. The molecule has 1 amide bonds. The highest BCUT2D eigenvalue weighted by atomic mass is 16.5. The molecule has 1 aliphatic heterocycles. The summed E-state index contributed by atoms with van der Waals surface area (Å²) in [5, 5.41) is 1.04. The van der Waals surface area contributed by atoms with E-state index in [4.69, 9.17) is 9.15 Å². The fraction of sp³-hybridized carbons (Fsp3) is 0.370. The Kier molecular flexibility index (Phi) is 6.17. The maximum absolute atomic E-state index is 12.9. The van der Waals surface area contributed by atoms with Gasteiger partial charge in [-0.3, -0.25) is 4.79 Å². The van der Waals surface area contributed by atoms with Crippen molar-refractivity contribution in [1.82, 2.24) is 4.90 Å². The lowest BCUT2D eigenvalue weighted by Gasteiger charge is -2.29. The van der Waals surface area contributed by atoms with Crippen LogP contribution in [0.15, 0.2) is 53.2 Å². The number of furan rings is 1. The highest BCUT2D eigenvalue weighted by Crippen LogP contribution is 2.40. The molecule has 0 spiro atoms. The molecule has 31 heavy (non-hydrogen) atoms. The number of benzene rings is 2. The van der Waals surface area contributed by atoms with Crippen LogP contribution in [0.1, 0.15) is 44.7 Å². The molecule has 4 nitrogen and oxygen atoms in total. The second-order valence-corrected chi connectivity index (χ2v) is 8.54. The molecule has 2 heterocycles. The first-order chi connectivity index (χ1) is 15.0. The lowest BCUT2D eigenvalue weighted by Crippen LogP contribution is -2.36. The molecule has 3 aromatic rings. The van der Waals surface area contributed by atoms with E-state index in [1.54, 1.807) is 6.08 Å². The third-order valence-electron chi connectivity index (χ3n) is 6.28. The van der Waals surface area contributed by atoms with Gasteiger partial charge < -0.3 is 14.1 Å². The number of hydrogen-bond donors (Lipinski definition) is 0. The van der Waals surface area contributed by atoms with Gasteiger partial charge in [-0.2, -0.15) is 0 Å². The Morgan fingerprint density at radius 1 is 1.23 bits per heavy atom. The minimum absolute atomic E-state index is 0.0834. The molecule has 1 fully saturated rings. The molecule has 0 N–H and O–H groups in total. The molecule has 0 radical (unpaired) electrons. The third-order valence-corrected chi connectivity index (χ3v) is 6.28. The second-order valence-electron chi connectivity index (χ2n) is 8.54. The third kappa shape index (κ3) is 4.25. The van der Waals surface area contributed by atoms with Crippen LogP contribution in [0.2, 0.25) is 0 Å². The van der Waals surface area contributed by atoms with Gasteiger partial charge in [0.25, 0.3) is 0 Å². The summed E-state index contributed by atoms with van der Waals surface area (Å²) in [5.41, 5.74) is 5.81. The quantitative estimate of drug-likeness (QED) is 0.447. The summed E-state index contributed by atoms with van der Waals surface area (Å²) in [6, 6.07) is 12.3. The largest absolute Gasteiger partial charge is 0.493 e. The first-order valence-electron chi connectivity index (χ1n) is 11.2. The fourth-order valence-corrected chi connectivity index (χ4v) is 4.36. The number of allylic oxidation sites excluding steroid dienone is 1. The summed E-state index contributed by atoms with van der Waals surface area (Å²) in [6.07, 6.45) is 5.72. The van der Waals surface area contributed by atoms with E-state index in [-0.39, 0.29) is 5.91 Å². The number of nitrogens with zero attached hydrogens (tertiary/aromatic N) is 1. The molecule has 2 aromatic carbocycles. The Morgan fingerprint density at radius 2 is 1.94 bits per heavy atom. The van der Waals surface area contributed by atoms with Crippen molar-refractivity contribution < 1.29 is 13.9 Å². The average molecular weight is 418 g/mol. The lowest BCUT2D eigenvalue weighted by atomic mass is 9.96. The monoisotopic (exact) mass is 417 g/mol. The topological polar surface area (TPSA) is 42.7 Å². The Balaban J connectivity index is 1.78. The van der Waals surface area contributed by atoms with Crippen molar-refractivity contribution in [2.75, 3.05) is 19.7 Å². The Bertz CT molecular complexity index is 1100. The molecule has 0 unspecified atom stereocenters. The van der Waals surface area contributed by atoms with Gasteiger partial charge in [0.05, 0.1) is 12.9 Å². The van der Waals surface area contributed by atoms with E-state index in [0.29, 0.717) is 12.5 Å². The van der Waals surface area contributed by atoms with Crippen molar-refractivity contribution in [2.45, 2.75) is 40.5 Å². The first-order valence-corrected chi connectivity index (χ1v) is 11.2. The van der Waals surface area contributed by atoms with Crippen LogP contribution in [0.3, 0.4) is 0 Å². The van der Waals surface area contributed by atoms with Gasteiger partial charge in [0.2, 0.25) is 5.91 Å². The number of carbonyl (C=O) groups is 1. The molecule has 162 valence electrons. The van der Waals surface area contributed by atoms with Crippen LogP contribution in [-0.4, -0.2) is 30.5 Å². The van der Waals surface area contributed by atoms with E-state index in [1.165, 1.54) is 0 Å². The Labute approximate surface area is 184 Å². The first kappa shape index (κ1) is 21.2. The van der Waals surface area contributed by atoms with Crippen LogP contribution < -0.4 is 4.74 Å². The number of rotatable bonds is 5. The standard InChI is InChI=1S/C27H31NO3/c1-5-30-26-20(4)27-23(24(17-31-27)21-9-7-6-8-10-21)16-22(26)19(3)15-25(29)28-13-11-18(2)12-14-28/h6-10,15-18H,5,11-14H2,1-4H3/b19-15+. The molecule has 4 rings (SSSR count). The number of likely N-dealkylation sites (tertiary alicyclic amines) is 1. The van der Waals surface area contributed by atoms with Crippen molar-refractivity contribution in [3.05, 3.63) is 59.9 Å². The number of amides is 1. The predicted molar refractivity (Wildman–Crippen MR) is 126 cm³/mol. The SMILES string of the molecule is CCOc1c(/C(C)=C/C(=O)N2CCC(C)CC2)cc2c(-c3ccccc3)coc2c1C. The van der Waals surface area contributed by atoms with Crippen LogP contribution in [0.5, 0.6) is 5.75 Å². The van der Waals surface area contributed by atoms with E-state index >= 15 is 0 Å². The number of aryl methyl sites for hydroxylation is 1. The van der Waals surface area contributed by atoms with Crippen molar-refractivity contribution in [3.8, 4) is 16.9 Å². The van der Waals surface area contributed by atoms with Gasteiger partial charge in [0.15, 0.2) is 0 Å². The zero-order valence-corrected chi connectivity index (χ0v) is 18.9. The van der Waals surface area contributed by atoms with Crippen LogP contribution in [0.25, 0.3) is 27.7 Å². The maximum Gasteiger partial charge on any atom is 0.246 e. The number of fused-ring (bicyclic) bond motifs is 1. The highest BCUT2D eigenvalue weighted by molar-refractivity contribution is 6.01. The summed E-state index contributed by atoms with van der Waals surface area (Å²) >= 11 is 0.